The number of hydrogen-bond acceptors (Lipinski definition) is 5. The summed E-state index contributed by atoms with van der Waals surface area (Å²) >= 11 is 0. The molecule has 0 saturated carbocycles. The zero-order valence-electron chi connectivity index (χ0n) is 17.5. The van der Waals surface area contributed by atoms with Gasteiger partial charge in [0.2, 0.25) is 0 Å². The molecule has 0 atom stereocenters. The Bertz CT molecular complexity index is 744. The van der Waals surface area contributed by atoms with Crippen LogP contribution >= 0.6 is 0 Å². The molecule has 1 aliphatic carbocycles. The fourth-order valence-electron chi connectivity index (χ4n) is 2.79. The average molecular weight is 373 g/mol. The van der Waals surface area contributed by atoms with Crippen LogP contribution in [-0.2, 0) is 14.4 Å². The lowest BCUT2D eigenvalue weighted by Gasteiger charge is -2.23. The SMILES string of the molecule is CC.CO/N=C(/C(=O)OC)C1=C(COc2cccc(C)c2)CC(C)=C(C)C1. The van der Waals surface area contributed by atoms with E-state index in [1.54, 1.807) is 0 Å². The highest BCUT2D eigenvalue weighted by atomic mass is 16.6. The third-order valence-electron chi connectivity index (χ3n) is 4.33. The van der Waals surface area contributed by atoms with E-state index in [2.05, 4.69) is 19.0 Å². The molecule has 0 spiro atoms. The van der Waals surface area contributed by atoms with E-state index in [9.17, 15) is 4.79 Å². The van der Waals surface area contributed by atoms with Crippen molar-refractivity contribution in [1.82, 2.24) is 0 Å². The highest BCUT2D eigenvalue weighted by molar-refractivity contribution is 6.43. The third-order valence-corrected chi connectivity index (χ3v) is 4.33. The normalized spacial score (nSPS) is 14.4. The van der Waals surface area contributed by atoms with E-state index in [1.165, 1.54) is 25.4 Å². The summed E-state index contributed by atoms with van der Waals surface area (Å²) in [6.07, 6.45) is 1.38. The minimum atomic E-state index is -0.503. The van der Waals surface area contributed by atoms with Crippen LogP contribution in [0.15, 0.2) is 51.7 Å². The van der Waals surface area contributed by atoms with Gasteiger partial charge in [0.25, 0.3) is 0 Å². The van der Waals surface area contributed by atoms with Crippen molar-refractivity contribution in [3.8, 4) is 5.75 Å². The highest BCUT2D eigenvalue weighted by Gasteiger charge is 2.26. The van der Waals surface area contributed by atoms with Gasteiger partial charge in [-0.1, -0.05) is 42.3 Å². The lowest BCUT2D eigenvalue weighted by atomic mass is 9.85. The standard InChI is InChI=1S/C20H25NO4.C2H6/c1-13-7-6-8-17(9-13)25-12-16-10-14(2)15(3)11-18(16)19(21-24-5)20(22)23-4;1-2/h6-9H,10-12H2,1-5H3;1-2H3/b21-19+;. The van der Waals surface area contributed by atoms with Gasteiger partial charge >= 0.3 is 5.97 Å². The smallest absolute Gasteiger partial charge is 0.360 e. The van der Waals surface area contributed by atoms with Crippen molar-refractivity contribution in [3.63, 3.8) is 0 Å². The zero-order chi connectivity index (χ0) is 20.4. The first-order chi connectivity index (χ1) is 13.0. The van der Waals surface area contributed by atoms with E-state index in [0.29, 0.717) is 13.0 Å². The van der Waals surface area contributed by atoms with Crippen LogP contribution in [0.4, 0.5) is 0 Å². The molecule has 0 amide bonds. The predicted molar refractivity (Wildman–Crippen MR) is 109 cm³/mol. The molecule has 2 rings (SSSR count). The van der Waals surface area contributed by atoms with Crippen LogP contribution in [0.1, 0.15) is 46.1 Å². The van der Waals surface area contributed by atoms with Crippen LogP contribution < -0.4 is 4.74 Å². The Labute approximate surface area is 162 Å². The minimum absolute atomic E-state index is 0.208. The number of oxime groups is 1. The quantitative estimate of drug-likeness (QED) is 0.305. The van der Waals surface area contributed by atoms with Gasteiger partial charge in [0.15, 0.2) is 5.71 Å². The van der Waals surface area contributed by atoms with Gasteiger partial charge in [-0.2, -0.15) is 0 Å². The molecular weight excluding hydrogens is 342 g/mol. The van der Waals surface area contributed by atoms with E-state index < -0.39 is 5.97 Å². The van der Waals surface area contributed by atoms with Gasteiger partial charge in [0.05, 0.1) is 7.11 Å². The number of esters is 1. The summed E-state index contributed by atoms with van der Waals surface area (Å²) in [5.74, 6) is 0.302. The second kappa shape index (κ2) is 11.2. The molecule has 0 N–H and O–H groups in total. The van der Waals surface area contributed by atoms with Crippen LogP contribution in [0, 0.1) is 6.92 Å². The summed E-state index contributed by atoms with van der Waals surface area (Å²) in [6.45, 7) is 10.6. The van der Waals surface area contributed by atoms with Crippen LogP contribution in [0.2, 0.25) is 0 Å². The molecule has 0 radical (unpaired) electrons. The molecule has 0 fully saturated rings. The van der Waals surface area contributed by atoms with Crippen molar-refractivity contribution >= 4 is 11.7 Å². The molecule has 5 heteroatoms. The Morgan fingerprint density at radius 1 is 1.07 bits per heavy atom. The van der Waals surface area contributed by atoms with E-state index in [4.69, 9.17) is 14.3 Å². The molecule has 0 saturated heterocycles. The van der Waals surface area contributed by atoms with E-state index >= 15 is 0 Å². The Morgan fingerprint density at radius 3 is 2.33 bits per heavy atom. The molecule has 0 aromatic heterocycles. The molecular formula is C22H31NO4. The zero-order valence-corrected chi connectivity index (χ0v) is 17.5. The number of nitrogens with zero attached hydrogens (tertiary/aromatic N) is 1. The van der Waals surface area contributed by atoms with Crippen LogP contribution in [-0.4, -0.2) is 32.5 Å². The topological polar surface area (TPSA) is 57.1 Å². The van der Waals surface area contributed by atoms with Crippen molar-refractivity contribution in [1.29, 1.82) is 0 Å². The highest BCUT2D eigenvalue weighted by Crippen LogP contribution is 2.31. The van der Waals surface area contributed by atoms with Gasteiger partial charge in [-0.05, 0) is 62.5 Å². The molecule has 5 nitrogen and oxygen atoms in total. The number of carbonyl (C=O) groups excluding carboxylic acids is 1. The number of benzene rings is 1. The van der Waals surface area contributed by atoms with Gasteiger partial charge in [0.1, 0.15) is 19.5 Å². The monoisotopic (exact) mass is 373 g/mol. The summed E-state index contributed by atoms with van der Waals surface area (Å²) in [4.78, 5) is 17.0. The Kier molecular flexibility index (Phi) is 9.34. The van der Waals surface area contributed by atoms with Crippen molar-refractivity contribution in [3.05, 3.63) is 52.1 Å². The average Bonchev–Trinajstić information content (AvgIpc) is 2.68. The maximum atomic E-state index is 12.1. The first kappa shape index (κ1) is 22.5. The molecule has 0 heterocycles. The Hall–Kier alpha value is -2.56. The van der Waals surface area contributed by atoms with Crippen LogP contribution in [0.5, 0.6) is 5.75 Å². The summed E-state index contributed by atoms with van der Waals surface area (Å²) in [7, 11) is 2.76. The molecule has 1 aromatic carbocycles. The van der Waals surface area contributed by atoms with Crippen LogP contribution in [0.3, 0.4) is 0 Å². The molecule has 27 heavy (non-hydrogen) atoms. The molecule has 1 aliphatic rings. The number of allylic oxidation sites excluding steroid dienone is 2. The van der Waals surface area contributed by atoms with Crippen LogP contribution in [0.25, 0.3) is 0 Å². The fourth-order valence-corrected chi connectivity index (χ4v) is 2.79. The van der Waals surface area contributed by atoms with Crippen molar-refractivity contribution in [2.75, 3.05) is 20.8 Å². The first-order valence-corrected chi connectivity index (χ1v) is 9.21. The van der Waals surface area contributed by atoms with Crippen molar-refractivity contribution in [2.45, 2.75) is 47.5 Å². The van der Waals surface area contributed by atoms with Gasteiger partial charge in [-0.3, -0.25) is 0 Å². The first-order valence-electron chi connectivity index (χ1n) is 9.21. The van der Waals surface area contributed by atoms with E-state index in [-0.39, 0.29) is 5.71 Å². The number of hydrogen-bond donors (Lipinski definition) is 0. The summed E-state index contributed by atoms with van der Waals surface area (Å²) in [6, 6.07) is 7.90. The van der Waals surface area contributed by atoms with Gasteiger partial charge in [-0.25, -0.2) is 4.79 Å². The second-order valence-electron chi connectivity index (χ2n) is 6.22. The summed E-state index contributed by atoms with van der Waals surface area (Å²) < 4.78 is 10.8. The van der Waals surface area contributed by atoms with E-state index in [1.807, 2.05) is 45.0 Å². The number of rotatable bonds is 6. The Morgan fingerprint density at radius 2 is 1.74 bits per heavy atom. The maximum absolute atomic E-state index is 12.1. The number of carbonyl (C=O) groups is 1. The summed E-state index contributed by atoms with van der Waals surface area (Å²) in [5.41, 5.74) is 5.70. The predicted octanol–water partition coefficient (Wildman–Crippen LogP) is 5.00. The number of ether oxygens (including phenoxy) is 2. The van der Waals surface area contributed by atoms with Gasteiger partial charge in [0, 0.05) is 0 Å². The van der Waals surface area contributed by atoms with Crippen molar-refractivity contribution in [2.24, 2.45) is 5.16 Å². The fraction of sp³-hybridized carbons (Fsp3) is 0.455. The van der Waals surface area contributed by atoms with Crippen molar-refractivity contribution < 1.29 is 19.1 Å². The summed E-state index contributed by atoms with van der Waals surface area (Å²) in [5, 5.41) is 3.90. The minimum Gasteiger partial charge on any atom is -0.489 e. The molecule has 148 valence electrons. The van der Waals surface area contributed by atoms with E-state index in [0.717, 1.165) is 28.9 Å². The number of methoxy groups -OCH3 is 1. The Balaban J connectivity index is 0.00000176. The van der Waals surface area contributed by atoms with Gasteiger partial charge in [-0.15, -0.1) is 0 Å². The molecule has 0 aliphatic heterocycles. The second-order valence-corrected chi connectivity index (χ2v) is 6.22. The third kappa shape index (κ3) is 6.27. The van der Waals surface area contributed by atoms with Gasteiger partial charge < -0.3 is 14.3 Å². The largest absolute Gasteiger partial charge is 0.489 e. The molecule has 0 bridgehead atoms. The number of aryl methyl sites for hydroxylation is 1. The molecule has 0 unspecified atom stereocenters. The lowest BCUT2D eigenvalue weighted by molar-refractivity contribution is -0.132. The maximum Gasteiger partial charge on any atom is 0.360 e. The lowest BCUT2D eigenvalue weighted by Crippen LogP contribution is -2.24. The molecule has 1 aromatic rings.